The molecule has 6 rings (SSSR count). The summed E-state index contributed by atoms with van der Waals surface area (Å²) in [6.45, 7) is 4.32. The maximum absolute atomic E-state index is 12.8. The molecule has 5 aromatic rings. The Morgan fingerprint density at radius 3 is 2.65 bits per heavy atom. The van der Waals surface area contributed by atoms with Gasteiger partial charge in [0.15, 0.2) is 23.0 Å². The topological polar surface area (TPSA) is 105 Å². The fourth-order valence-corrected chi connectivity index (χ4v) is 5.22. The number of hydrogen-bond acceptors (Lipinski definition) is 8. The second-order valence-electron chi connectivity index (χ2n) is 8.96. The molecule has 0 radical (unpaired) electrons. The van der Waals surface area contributed by atoms with Crippen LogP contribution in [-0.4, -0.2) is 44.4 Å². The standard InChI is InChI=1S/C27H23N3O6S/c1-14(2)36-24-11-20-17(10-22(24)33-3)25(16-5-6-18-19(9-16)29-37-28-18)26(27(31)32)30(20)12-15-4-7-21-23(8-15)35-13-34-21/h4-11,14H,12-13H2,1-3H3,(H,31,32). The molecule has 0 amide bonds. The predicted octanol–water partition coefficient (Wildman–Crippen LogP) is 5.58. The highest BCUT2D eigenvalue weighted by atomic mass is 32.1. The number of fused-ring (bicyclic) bond motifs is 3. The molecule has 188 valence electrons. The molecule has 3 heterocycles. The van der Waals surface area contributed by atoms with Crippen LogP contribution in [0, 0.1) is 0 Å². The normalized spacial score (nSPS) is 12.5. The van der Waals surface area contributed by atoms with Gasteiger partial charge in [-0.05, 0) is 55.3 Å². The molecule has 0 unspecified atom stereocenters. The number of benzene rings is 3. The highest BCUT2D eigenvalue weighted by molar-refractivity contribution is 7.00. The molecule has 0 spiro atoms. The van der Waals surface area contributed by atoms with Gasteiger partial charge in [0.2, 0.25) is 6.79 Å². The highest BCUT2D eigenvalue weighted by Gasteiger charge is 2.27. The van der Waals surface area contributed by atoms with Crippen LogP contribution in [0.5, 0.6) is 23.0 Å². The van der Waals surface area contributed by atoms with Crippen LogP contribution in [0.15, 0.2) is 48.5 Å². The van der Waals surface area contributed by atoms with E-state index in [0.717, 1.165) is 33.8 Å². The molecule has 0 fully saturated rings. The lowest BCUT2D eigenvalue weighted by molar-refractivity contribution is 0.0687. The monoisotopic (exact) mass is 517 g/mol. The van der Waals surface area contributed by atoms with Crippen LogP contribution in [0.4, 0.5) is 0 Å². The lowest BCUT2D eigenvalue weighted by Crippen LogP contribution is -2.11. The van der Waals surface area contributed by atoms with Crippen LogP contribution in [0.3, 0.4) is 0 Å². The van der Waals surface area contributed by atoms with E-state index < -0.39 is 5.97 Å². The Balaban J connectivity index is 1.63. The fraction of sp³-hybridized carbons (Fsp3) is 0.222. The van der Waals surface area contributed by atoms with E-state index in [4.69, 9.17) is 18.9 Å². The van der Waals surface area contributed by atoms with Gasteiger partial charge in [-0.3, -0.25) is 0 Å². The summed E-state index contributed by atoms with van der Waals surface area (Å²) < 4.78 is 33.1. The first-order valence-electron chi connectivity index (χ1n) is 11.7. The van der Waals surface area contributed by atoms with Crippen molar-refractivity contribution in [3.63, 3.8) is 0 Å². The number of aromatic carboxylic acids is 1. The van der Waals surface area contributed by atoms with E-state index in [1.807, 2.05) is 62.4 Å². The van der Waals surface area contributed by atoms with Gasteiger partial charge in [-0.15, -0.1) is 0 Å². The molecule has 0 atom stereocenters. The maximum atomic E-state index is 12.8. The Bertz CT molecular complexity index is 1670. The van der Waals surface area contributed by atoms with Crippen molar-refractivity contribution >= 4 is 39.6 Å². The van der Waals surface area contributed by atoms with Crippen LogP contribution in [0.25, 0.3) is 33.1 Å². The van der Waals surface area contributed by atoms with Gasteiger partial charge in [-0.25, -0.2) is 4.79 Å². The number of hydrogen-bond donors (Lipinski definition) is 1. The zero-order valence-corrected chi connectivity index (χ0v) is 21.2. The van der Waals surface area contributed by atoms with Crippen molar-refractivity contribution in [2.75, 3.05) is 13.9 Å². The van der Waals surface area contributed by atoms with Crippen molar-refractivity contribution in [3.8, 4) is 34.1 Å². The molecule has 0 aliphatic carbocycles. The molecule has 1 aliphatic heterocycles. The summed E-state index contributed by atoms with van der Waals surface area (Å²) in [5.74, 6) is 1.32. The minimum atomic E-state index is -1.05. The first-order valence-corrected chi connectivity index (χ1v) is 12.4. The van der Waals surface area contributed by atoms with Gasteiger partial charge in [0.25, 0.3) is 0 Å². The number of aromatic nitrogens is 3. The number of ether oxygens (including phenoxy) is 4. The smallest absolute Gasteiger partial charge is 0.353 e. The third-order valence-corrected chi connectivity index (χ3v) is 6.79. The van der Waals surface area contributed by atoms with Crippen molar-refractivity contribution in [2.45, 2.75) is 26.5 Å². The largest absolute Gasteiger partial charge is 0.493 e. The van der Waals surface area contributed by atoms with E-state index in [1.165, 1.54) is 0 Å². The summed E-state index contributed by atoms with van der Waals surface area (Å²) in [6, 6.07) is 14.9. The van der Waals surface area contributed by atoms with Crippen molar-refractivity contribution in [2.24, 2.45) is 0 Å². The molecule has 37 heavy (non-hydrogen) atoms. The molecule has 2 aromatic heterocycles. The summed E-state index contributed by atoms with van der Waals surface area (Å²) in [5.41, 5.74) is 4.51. The Kier molecular flexibility index (Phi) is 5.60. The third kappa shape index (κ3) is 3.99. The fourth-order valence-electron chi connectivity index (χ4n) is 4.70. The molecule has 9 nitrogen and oxygen atoms in total. The van der Waals surface area contributed by atoms with Crippen molar-refractivity contribution in [1.29, 1.82) is 0 Å². The summed E-state index contributed by atoms with van der Waals surface area (Å²) in [6.07, 6.45) is -0.0957. The van der Waals surface area contributed by atoms with Gasteiger partial charge in [0.05, 0.1) is 30.5 Å². The van der Waals surface area contributed by atoms with Gasteiger partial charge in [-0.1, -0.05) is 12.1 Å². The van der Waals surface area contributed by atoms with Crippen LogP contribution >= 0.6 is 11.7 Å². The van der Waals surface area contributed by atoms with Gasteiger partial charge in [0.1, 0.15) is 16.7 Å². The van der Waals surface area contributed by atoms with Crippen LogP contribution < -0.4 is 18.9 Å². The molecule has 3 aromatic carbocycles. The van der Waals surface area contributed by atoms with E-state index in [0.29, 0.717) is 46.1 Å². The molecular weight excluding hydrogens is 494 g/mol. The second-order valence-corrected chi connectivity index (χ2v) is 9.49. The number of carboxylic acid groups (broad SMARTS) is 1. The Hall–Kier alpha value is -4.31. The van der Waals surface area contributed by atoms with Crippen LogP contribution in [0.1, 0.15) is 29.9 Å². The van der Waals surface area contributed by atoms with Crippen LogP contribution in [0.2, 0.25) is 0 Å². The lowest BCUT2D eigenvalue weighted by atomic mass is 10.0. The van der Waals surface area contributed by atoms with Crippen LogP contribution in [-0.2, 0) is 6.54 Å². The van der Waals surface area contributed by atoms with E-state index in [1.54, 1.807) is 11.7 Å². The number of carboxylic acids is 1. The molecule has 1 N–H and O–H groups in total. The summed E-state index contributed by atoms with van der Waals surface area (Å²) in [5, 5.41) is 11.2. The van der Waals surface area contributed by atoms with Crippen molar-refractivity contribution < 1.29 is 28.8 Å². The number of nitrogens with zero attached hydrogens (tertiary/aromatic N) is 3. The molecular formula is C27H23N3O6S. The quantitative estimate of drug-likeness (QED) is 0.298. The second kappa shape index (κ2) is 8.97. The number of methoxy groups -OCH3 is 1. The van der Waals surface area contributed by atoms with E-state index in [-0.39, 0.29) is 18.6 Å². The van der Waals surface area contributed by atoms with Crippen molar-refractivity contribution in [1.82, 2.24) is 13.3 Å². The molecule has 10 heteroatoms. The minimum absolute atomic E-state index is 0.0957. The van der Waals surface area contributed by atoms with E-state index in [9.17, 15) is 9.90 Å². The average molecular weight is 518 g/mol. The molecule has 1 aliphatic rings. The summed E-state index contributed by atoms with van der Waals surface area (Å²) >= 11 is 1.12. The van der Waals surface area contributed by atoms with Gasteiger partial charge in [0, 0.05) is 23.6 Å². The SMILES string of the molecule is COc1cc2c(-c3ccc4nsnc4c3)c(C(=O)O)n(Cc3ccc4c(c3)OCO4)c2cc1OC(C)C. The minimum Gasteiger partial charge on any atom is -0.493 e. The van der Waals surface area contributed by atoms with Crippen molar-refractivity contribution in [3.05, 3.63) is 59.8 Å². The molecule has 0 bridgehead atoms. The molecule has 0 saturated heterocycles. The summed E-state index contributed by atoms with van der Waals surface area (Å²) in [7, 11) is 1.57. The molecule has 0 saturated carbocycles. The van der Waals surface area contributed by atoms with Gasteiger partial charge in [-0.2, -0.15) is 8.75 Å². The number of carbonyl (C=O) groups is 1. The first-order chi connectivity index (χ1) is 17.9. The average Bonchev–Trinajstić information content (AvgIpc) is 3.60. The van der Waals surface area contributed by atoms with Gasteiger partial charge >= 0.3 is 5.97 Å². The zero-order chi connectivity index (χ0) is 25.7. The third-order valence-electron chi connectivity index (χ3n) is 6.23. The predicted molar refractivity (Wildman–Crippen MR) is 139 cm³/mol. The number of rotatable bonds is 7. The zero-order valence-electron chi connectivity index (χ0n) is 20.3. The Labute approximate surface area is 216 Å². The van der Waals surface area contributed by atoms with E-state index in [2.05, 4.69) is 8.75 Å². The summed E-state index contributed by atoms with van der Waals surface area (Å²) in [4.78, 5) is 12.8. The van der Waals surface area contributed by atoms with Gasteiger partial charge < -0.3 is 28.6 Å². The first kappa shape index (κ1) is 23.1. The Morgan fingerprint density at radius 2 is 1.86 bits per heavy atom. The van der Waals surface area contributed by atoms with E-state index >= 15 is 0 Å². The Morgan fingerprint density at radius 1 is 1.05 bits per heavy atom. The highest BCUT2D eigenvalue weighted by Crippen LogP contribution is 2.43. The maximum Gasteiger partial charge on any atom is 0.353 e. The lowest BCUT2D eigenvalue weighted by Gasteiger charge is -2.15.